The van der Waals surface area contributed by atoms with Crippen LogP contribution in [0.1, 0.15) is 15.9 Å². The SMILES string of the molecule is O=C1Cc2ccccc2N1C(=O)c1ccccc1Cl. The van der Waals surface area contributed by atoms with E-state index in [1.165, 1.54) is 4.90 Å². The van der Waals surface area contributed by atoms with Gasteiger partial charge in [0.15, 0.2) is 0 Å². The maximum absolute atomic E-state index is 12.5. The number of hydrogen-bond donors (Lipinski definition) is 0. The number of para-hydroxylation sites is 1. The van der Waals surface area contributed by atoms with E-state index in [0.29, 0.717) is 16.3 Å². The number of carbonyl (C=O) groups excluding carboxylic acids is 2. The molecule has 1 aliphatic heterocycles. The predicted octanol–water partition coefficient (Wildman–Crippen LogP) is 3.07. The molecule has 0 aromatic heterocycles. The van der Waals surface area contributed by atoms with E-state index < -0.39 is 0 Å². The summed E-state index contributed by atoms with van der Waals surface area (Å²) < 4.78 is 0. The maximum Gasteiger partial charge on any atom is 0.266 e. The largest absolute Gasteiger partial charge is 0.274 e. The summed E-state index contributed by atoms with van der Waals surface area (Å²) >= 11 is 6.01. The van der Waals surface area contributed by atoms with Crippen molar-refractivity contribution in [2.45, 2.75) is 6.42 Å². The van der Waals surface area contributed by atoms with Crippen molar-refractivity contribution in [3.05, 3.63) is 64.7 Å². The Hall–Kier alpha value is -2.13. The first-order chi connectivity index (χ1) is 9.18. The molecule has 0 aliphatic carbocycles. The minimum absolute atomic E-state index is 0.217. The van der Waals surface area contributed by atoms with Gasteiger partial charge in [-0.3, -0.25) is 9.59 Å². The average Bonchev–Trinajstić information content (AvgIpc) is 2.74. The lowest BCUT2D eigenvalue weighted by Crippen LogP contribution is -2.33. The van der Waals surface area contributed by atoms with E-state index in [1.54, 1.807) is 30.3 Å². The summed E-state index contributed by atoms with van der Waals surface area (Å²) in [6.07, 6.45) is 0.256. The fourth-order valence-corrected chi connectivity index (χ4v) is 2.45. The summed E-state index contributed by atoms with van der Waals surface area (Å²) in [6, 6.07) is 14.0. The Balaban J connectivity index is 2.06. The molecule has 0 atom stereocenters. The van der Waals surface area contributed by atoms with Crippen LogP contribution >= 0.6 is 11.6 Å². The Morgan fingerprint density at radius 2 is 1.74 bits per heavy atom. The van der Waals surface area contributed by atoms with Crippen molar-refractivity contribution in [1.82, 2.24) is 0 Å². The predicted molar refractivity (Wildman–Crippen MR) is 73.4 cm³/mol. The summed E-state index contributed by atoms with van der Waals surface area (Å²) in [6.45, 7) is 0. The Bertz CT molecular complexity index is 681. The first kappa shape index (κ1) is 11.9. The Morgan fingerprint density at radius 3 is 2.53 bits per heavy atom. The second-order valence-electron chi connectivity index (χ2n) is 4.32. The van der Waals surface area contributed by atoms with Gasteiger partial charge in [-0.05, 0) is 23.8 Å². The zero-order valence-electron chi connectivity index (χ0n) is 9.97. The first-order valence-electron chi connectivity index (χ1n) is 5.88. The third-order valence-electron chi connectivity index (χ3n) is 3.13. The van der Waals surface area contributed by atoms with Crippen LogP contribution in [-0.4, -0.2) is 11.8 Å². The van der Waals surface area contributed by atoms with Gasteiger partial charge in [0.1, 0.15) is 0 Å². The van der Waals surface area contributed by atoms with Gasteiger partial charge in [0.05, 0.1) is 22.7 Å². The minimum atomic E-state index is -0.374. The van der Waals surface area contributed by atoms with E-state index in [1.807, 2.05) is 18.2 Å². The summed E-state index contributed by atoms with van der Waals surface area (Å²) in [5.41, 5.74) is 1.86. The quantitative estimate of drug-likeness (QED) is 0.748. The lowest BCUT2D eigenvalue weighted by molar-refractivity contribution is -0.116. The molecule has 0 fully saturated rings. The van der Waals surface area contributed by atoms with Crippen LogP contribution < -0.4 is 4.90 Å². The third kappa shape index (κ3) is 1.92. The molecule has 0 bridgehead atoms. The van der Waals surface area contributed by atoms with E-state index in [9.17, 15) is 9.59 Å². The molecule has 1 aliphatic rings. The van der Waals surface area contributed by atoms with E-state index in [-0.39, 0.29) is 18.2 Å². The molecule has 0 unspecified atom stereocenters. The van der Waals surface area contributed by atoms with Crippen LogP contribution in [-0.2, 0) is 11.2 Å². The van der Waals surface area contributed by atoms with Crippen LogP contribution in [0.15, 0.2) is 48.5 Å². The van der Waals surface area contributed by atoms with Gasteiger partial charge in [-0.25, -0.2) is 4.90 Å². The molecule has 2 aromatic carbocycles. The molecule has 2 aromatic rings. The Kier molecular flexibility index (Phi) is 2.84. The normalized spacial score (nSPS) is 13.5. The van der Waals surface area contributed by atoms with Gasteiger partial charge < -0.3 is 0 Å². The van der Waals surface area contributed by atoms with Gasteiger partial charge >= 0.3 is 0 Å². The van der Waals surface area contributed by atoms with Crippen LogP contribution in [0.2, 0.25) is 5.02 Å². The molecule has 3 rings (SSSR count). The van der Waals surface area contributed by atoms with Crippen LogP contribution in [0.4, 0.5) is 5.69 Å². The first-order valence-corrected chi connectivity index (χ1v) is 6.26. The number of amides is 2. The summed E-state index contributed by atoms with van der Waals surface area (Å²) in [7, 11) is 0. The number of imide groups is 1. The number of fused-ring (bicyclic) bond motifs is 1. The van der Waals surface area contributed by atoms with Gasteiger partial charge in [-0.15, -0.1) is 0 Å². The standard InChI is InChI=1S/C15H10ClNO2/c16-12-7-3-2-6-11(12)15(19)17-13-8-4-1-5-10(13)9-14(17)18/h1-8H,9H2. The highest BCUT2D eigenvalue weighted by Gasteiger charge is 2.33. The van der Waals surface area contributed by atoms with E-state index in [0.717, 1.165) is 5.56 Å². The molecule has 0 spiro atoms. The highest BCUT2D eigenvalue weighted by atomic mass is 35.5. The molecule has 0 saturated heterocycles. The van der Waals surface area contributed by atoms with Crippen LogP contribution in [0.5, 0.6) is 0 Å². The van der Waals surface area contributed by atoms with Crippen molar-refractivity contribution in [3.63, 3.8) is 0 Å². The minimum Gasteiger partial charge on any atom is -0.274 e. The van der Waals surface area contributed by atoms with Crippen LogP contribution in [0.3, 0.4) is 0 Å². The fraction of sp³-hybridized carbons (Fsp3) is 0.0667. The summed E-state index contributed by atoms with van der Waals surface area (Å²) in [5.74, 6) is -0.591. The van der Waals surface area contributed by atoms with E-state index >= 15 is 0 Å². The van der Waals surface area contributed by atoms with Gasteiger partial charge in [0, 0.05) is 0 Å². The summed E-state index contributed by atoms with van der Waals surface area (Å²) in [4.78, 5) is 25.7. The van der Waals surface area contributed by atoms with Crippen LogP contribution in [0, 0.1) is 0 Å². The second-order valence-corrected chi connectivity index (χ2v) is 4.73. The van der Waals surface area contributed by atoms with Crippen molar-refractivity contribution in [1.29, 1.82) is 0 Å². The lowest BCUT2D eigenvalue weighted by Gasteiger charge is -2.16. The fourth-order valence-electron chi connectivity index (χ4n) is 2.23. The van der Waals surface area contributed by atoms with Crippen molar-refractivity contribution in [2.24, 2.45) is 0 Å². The van der Waals surface area contributed by atoms with Crippen molar-refractivity contribution >= 4 is 29.1 Å². The molecule has 2 amide bonds. The van der Waals surface area contributed by atoms with Gasteiger partial charge in [-0.2, -0.15) is 0 Å². The Morgan fingerprint density at radius 1 is 1.05 bits per heavy atom. The monoisotopic (exact) mass is 271 g/mol. The van der Waals surface area contributed by atoms with Gasteiger partial charge in [-0.1, -0.05) is 41.9 Å². The lowest BCUT2D eigenvalue weighted by atomic mass is 10.1. The second kappa shape index (κ2) is 4.52. The number of benzene rings is 2. The molecular weight excluding hydrogens is 262 g/mol. The van der Waals surface area contributed by atoms with Crippen molar-refractivity contribution in [3.8, 4) is 0 Å². The van der Waals surface area contributed by atoms with Crippen molar-refractivity contribution < 1.29 is 9.59 Å². The molecular formula is C15H10ClNO2. The molecule has 94 valence electrons. The molecule has 0 N–H and O–H groups in total. The topological polar surface area (TPSA) is 37.4 Å². The molecule has 4 heteroatoms. The highest BCUT2D eigenvalue weighted by Crippen LogP contribution is 2.31. The van der Waals surface area contributed by atoms with E-state index in [4.69, 9.17) is 11.6 Å². The maximum atomic E-state index is 12.5. The summed E-state index contributed by atoms with van der Waals surface area (Å²) in [5, 5.41) is 0.352. The van der Waals surface area contributed by atoms with Gasteiger partial charge in [0.2, 0.25) is 5.91 Å². The molecule has 0 saturated carbocycles. The number of carbonyl (C=O) groups is 2. The number of rotatable bonds is 1. The number of anilines is 1. The molecule has 19 heavy (non-hydrogen) atoms. The smallest absolute Gasteiger partial charge is 0.266 e. The van der Waals surface area contributed by atoms with Gasteiger partial charge in [0.25, 0.3) is 5.91 Å². The number of halogens is 1. The molecule has 3 nitrogen and oxygen atoms in total. The number of nitrogens with zero attached hydrogens (tertiary/aromatic N) is 1. The highest BCUT2D eigenvalue weighted by molar-refractivity contribution is 6.36. The van der Waals surface area contributed by atoms with Crippen LogP contribution in [0.25, 0.3) is 0 Å². The van der Waals surface area contributed by atoms with Crippen molar-refractivity contribution in [2.75, 3.05) is 4.90 Å². The van der Waals surface area contributed by atoms with E-state index in [2.05, 4.69) is 0 Å². The third-order valence-corrected chi connectivity index (χ3v) is 3.46. The zero-order valence-corrected chi connectivity index (χ0v) is 10.7. The Labute approximate surface area is 115 Å². The average molecular weight is 272 g/mol. The number of hydrogen-bond acceptors (Lipinski definition) is 2. The molecule has 0 radical (unpaired) electrons. The molecule has 1 heterocycles. The zero-order chi connectivity index (χ0) is 13.4.